The van der Waals surface area contributed by atoms with Crippen LogP contribution < -0.4 is 0 Å². The molecule has 2 rings (SSSR count). The molecule has 0 heterocycles. The van der Waals surface area contributed by atoms with Crippen LogP contribution >= 0.6 is 11.6 Å². The predicted octanol–water partition coefficient (Wildman–Crippen LogP) is 3.25. The number of halogens is 1. The summed E-state index contributed by atoms with van der Waals surface area (Å²) in [6.07, 6.45) is 3.78. The van der Waals surface area contributed by atoms with Gasteiger partial charge in [0.25, 0.3) is 0 Å². The first-order valence-corrected chi connectivity index (χ1v) is 5.40. The van der Waals surface area contributed by atoms with E-state index in [2.05, 4.69) is 0 Å². The highest BCUT2D eigenvalue weighted by Crippen LogP contribution is 2.25. The lowest BCUT2D eigenvalue weighted by atomic mass is 9.97. The molecule has 1 aliphatic carbocycles. The molecule has 1 aromatic rings. The Bertz CT molecular complexity index is 329. The molecule has 0 radical (unpaired) electrons. The third kappa shape index (κ3) is 2.16. The van der Waals surface area contributed by atoms with Crippen LogP contribution in [0.5, 0.6) is 0 Å². The molecular weight excluding hydrogens is 196 g/mol. The molecule has 0 amide bonds. The summed E-state index contributed by atoms with van der Waals surface area (Å²) in [7, 11) is 0. The van der Waals surface area contributed by atoms with Crippen LogP contribution in [0.3, 0.4) is 0 Å². The Morgan fingerprint density at radius 1 is 1.29 bits per heavy atom. The number of Topliss-reactive ketones (excluding diaryl/α,β-unsaturated/α-hetero) is 1. The highest BCUT2D eigenvalue weighted by atomic mass is 35.5. The molecule has 0 aliphatic heterocycles. The molecule has 14 heavy (non-hydrogen) atoms. The molecular formula is C12H13ClO. The van der Waals surface area contributed by atoms with Crippen molar-refractivity contribution in [1.29, 1.82) is 0 Å². The molecule has 1 aromatic carbocycles. The predicted molar refractivity (Wildman–Crippen MR) is 57.5 cm³/mol. The van der Waals surface area contributed by atoms with Crippen LogP contribution in [0, 0.1) is 5.92 Å². The van der Waals surface area contributed by atoms with Crippen LogP contribution in [0.1, 0.15) is 24.8 Å². The Hall–Kier alpha value is -0.820. The first-order chi connectivity index (χ1) is 6.75. The quantitative estimate of drug-likeness (QED) is 0.729. The van der Waals surface area contributed by atoms with Crippen LogP contribution in [-0.4, -0.2) is 5.78 Å². The van der Waals surface area contributed by atoms with Crippen molar-refractivity contribution < 1.29 is 4.79 Å². The van der Waals surface area contributed by atoms with Gasteiger partial charge in [0.1, 0.15) is 5.78 Å². The Labute approximate surface area is 89.1 Å². The molecule has 0 bridgehead atoms. The normalized spacial score (nSPS) is 21.5. The number of hydrogen-bond donors (Lipinski definition) is 0. The Balaban J connectivity index is 2.03. The van der Waals surface area contributed by atoms with Crippen molar-refractivity contribution in [2.75, 3.05) is 0 Å². The highest BCUT2D eigenvalue weighted by Gasteiger charge is 2.24. The molecule has 0 aromatic heterocycles. The van der Waals surface area contributed by atoms with Gasteiger partial charge in [-0.25, -0.2) is 0 Å². The maximum absolute atomic E-state index is 11.4. The highest BCUT2D eigenvalue weighted by molar-refractivity contribution is 6.30. The zero-order valence-electron chi connectivity index (χ0n) is 8.00. The van der Waals surface area contributed by atoms with Gasteiger partial charge in [-0.05, 0) is 37.0 Å². The molecule has 0 N–H and O–H groups in total. The third-order valence-electron chi connectivity index (χ3n) is 2.83. The van der Waals surface area contributed by atoms with Gasteiger partial charge in [0.05, 0.1) is 0 Å². The zero-order chi connectivity index (χ0) is 9.97. The number of ketones is 1. The minimum absolute atomic E-state index is 0.260. The zero-order valence-corrected chi connectivity index (χ0v) is 8.76. The largest absolute Gasteiger partial charge is 0.299 e. The van der Waals surface area contributed by atoms with Gasteiger partial charge in [0, 0.05) is 17.4 Å². The average molecular weight is 209 g/mol. The van der Waals surface area contributed by atoms with Crippen molar-refractivity contribution in [2.45, 2.75) is 25.7 Å². The number of hydrogen-bond acceptors (Lipinski definition) is 1. The van der Waals surface area contributed by atoms with E-state index in [1.54, 1.807) is 0 Å². The summed E-state index contributed by atoms with van der Waals surface area (Å²) in [6.45, 7) is 0. The van der Waals surface area contributed by atoms with Crippen LogP contribution in [0.4, 0.5) is 0 Å². The molecule has 1 saturated carbocycles. The maximum atomic E-state index is 11.4. The van der Waals surface area contributed by atoms with Crippen molar-refractivity contribution in [3.05, 3.63) is 34.9 Å². The van der Waals surface area contributed by atoms with Gasteiger partial charge in [0.15, 0.2) is 0 Å². The van der Waals surface area contributed by atoms with Gasteiger partial charge in [0.2, 0.25) is 0 Å². The second-order valence-corrected chi connectivity index (χ2v) is 4.32. The summed E-state index contributed by atoms with van der Waals surface area (Å²) in [4.78, 5) is 11.4. The Morgan fingerprint density at radius 2 is 2.00 bits per heavy atom. The van der Waals surface area contributed by atoms with E-state index >= 15 is 0 Å². The van der Waals surface area contributed by atoms with Gasteiger partial charge >= 0.3 is 0 Å². The summed E-state index contributed by atoms with van der Waals surface area (Å²) in [5.74, 6) is 0.691. The molecule has 0 saturated heterocycles. The van der Waals surface area contributed by atoms with Gasteiger partial charge in [-0.2, -0.15) is 0 Å². The first-order valence-electron chi connectivity index (χ1n) is 5.03. The van der Waals surface area contributed by atoms with E-state index in [-0.39, 0.29) is 5.92 Å². The van der Waals surface area contributed by atoms with E-state index in [4.69, 9.17) is 11.6 Å². The smallest absolute Gasteiger partial charge is 0.136 e. The molecule has 2 heteroatoms. The second kappa shape index (κ2) is 4.14. The van der Waals surface area contributed by atoms with E-state index in [9.17, 15) is 4.79 Å². The fourth-order valence-corrected chi connectivity index (χ4v) is 2.13. The topological polar surface area (TPSA) is 17.1 Å². The second-order valence-electron chi connectivity index (χ2n) is 3.89. The molecule has 0 spiro atoms. The van der Waals surface area contributed by atoms with E-state index in [0.717, 1.165) is 30.7 Å². The average Bonchev–Trinajstić information content (AvgIpc) is 2.56. The lowest BCUT2D eigenvalue weighted by Gasteiger charge is -2.07. The number of rotatable bonds is 2. The lowest BCUT2D eigenvalue weighted by Crippen LogP contribution is -2.09. The molecule has 1 atom stereocenters. The SMILES string of the molecule is O=C1CCC[C@@H]1Cc1ccc(Cl)cc1. The van der Waals surface area contributed by atoms with Gasteiger partial charge in [-0.3, -0.25) is 4.79 Å². The molecule has 1 nitrogen and oxygen atoms in total. The maximum Gasteiger partial charge on any atom is 0.136 e. The van der Waals surface area contributed by atoms with Crippen molar-refractivity contribution in [3.63, 3.8) is 0 Å². The third-order valence-corrected chi connectivity index (χ3v) is 3.08. The van der Waals surface area contributed by atoms with Crippen molar-refractivity contribution in [2.24, 2.45) is 5.92 Å². The fraction of sp³-hybridized carbons (Fsp3) is 0.417. The summed E-state index contributed by atoms with van der Waals surface area (Å²) in [5, 5.41) is 0.756. The van der Waals surface area contributed by atoms with E-state index in [0.29, 0.717) is 5.78 Å². The molecule has 0 unspecified atom stereocenters. The number of carbonyl (C=O) groups is 1. The molecule has 1 aliphatic rings. The molecule has 74 valence electrons. The Morgan fingerprint density at radius 3 is 2.57 bits per heavy atom. The van der Waals surface area contributed by atoms with Gasteiger partial charge < -0.3 is 0 Å². The van der Waals surface area contributed by atoms with Crippen molar-refractivity contribution >= 4 is 17.4 Å². The molecule has 1 fully saturated rings. The fourth-order valence-electron chi connectivity index (χ4n) is 2.01. The van der Waals surface area contributed by atoms with Gasteiger partial charge in [-0.1, -0.05) is 23.7 Å². The lowest BCUT2D eigenvalue weighted by molar-refractivity contribution is -0.120. The summed E-state index contributed by atoms with van der Waals surface area (Å²) >= 11 is 5.79. The monoisotopic (exact) mass is 208 g/mol. The van der Waals surface area contributed by atoms with Crippen LogP contribution in [-0.2, 0) is 11.2 Å². The summed E-state index contributed by atoms with van der Waals surface area (Å²) in [6, 6.07) is 7.79. The van der Waals surface area contributed by atoms with Crippen molar-refractivity contribution in [3.8, 4) is 0 Å². The Kier molecular flexibility index (Phi) is 2.87. The first kappa shape index (κ1) is 9.72. The minimum atomic E-state index is 0.260. The van der Waals surface area contributed by atoms with Crippen LogP contribution in [0.15, 0.2) is 24.3 Å². The minimum Gasteiger partial charge on any atom is -0.299 e. The summed E-state index contributed by atoms with van der Waals surface area (Å²) in [5.41, 5.74) is 1.22. The van der Waals surface area contributed by atoms with E-state index < -0.39 is 0 Å². The van der Waals surface area contributed by atoms with E-state index in [1.165, 1.54) is 5.56 Å². The van der Waals surface area contributed by atoms with Gasteiger partial charge in [-0.15, -0.1) is 0 Å². The number of carbonyl (C=O) groups excluding carboxylic acids is 1. The van der Waals surface area contributed by atoms with E-state index in [1.807, 2.05) is 24.3 Å². The standard InChI is InChI=1S/C12H13ClO/c13-11-6-4-9(5-7-11)8-10-2-1-3-12(10)14/h4-7,10H,1-3,8H2/t10-/m1/s1. The summed E-state index contributed by atoms with van der Waals surface area (Å²) < 4.78 is 0. The van der Waals surface area contributed by atoms with Crippen LogP contribution in [0.25, 0.3) is 0 Å². The number of benzene rings is 1. The van der Waals surface area contributed by atoms with Crippen molar-refractivity contribution in [1.82, 2.24) is 0 Å². The van der Waals surface area contributed by atoms with Crippen LogP contribution in [0.2, 0.25) is 5.02 Å².